The third-order valence-corrected chi connectivity index (χ3v) is 2.16. The van der Waals surface area contributed by atoms with Crippen molar-refractivity contribution in [2.75, 3.05) is 13.1 Å². The Labute approximate surface area is 77.8 Å². The zero-order valence-corrected chi connectivity index (χ0v) is 8.04. The normalized spacial score (nSPS) is 18.5. The number of hydrogen-bond acceptors (Lipinski definition) is 2. The molecule has 0 saturated carbocycles. The van der Waals surface area contributed by atoms with Crippen LogP contribution in [0.3, 0.4) is 0 Å². The number of carbonyl (C=O) groups is 2. The Hall–Kier alpha value is -1.32. The molecule has 1 aliphatic rings. The number of rotatable bonds is 2. The molecule has 4 nitrogen and oxygen atoms in total. The van der Waals surface area contributed by atoms with Gasteiger partial charge in [0.15, 0.2) is 0 Å². The molecule has 13 heavy (non-hydrogen) atoms. The van der Waals surface area contributed by atoms with Crippen molar-refractivity contribution in [3.05, 3.63) is 12.4 Å². The van der Waals surface area contributed by atoms with E-state index < -0.39 is 0 Å². The van der Waals surface area contributed by atoms with Crippen LogP contribution in [0.2, 0.25) is 0 Å². The summed E-state index contributed by atoms with van der Waals surface area (Å²) in [5, 5.41) is 0. The highest BCUT2D eigenvalue weighted by molar-refractivity contribution is 6.00. The molecule has 0 aromatic heterocycles. The fraction of sp³-hybridized carbons (Fsp3) is 0.556. The first-order chi connectivity index (χ1) is 6.11. The van der Waals surface area contributed by atoms with E-state index in [9.17, 15) is 9.59 Å². The van der Waals surface area contributed by atoms with Crippen LogP contribution in [0.5, 0.6) is 0 Å². The van der Waals surface area contributed by atoms with Gasteiger partial charge in [0.25, 0.3) is 0 Å². The third kappa shape index (κ3) is 1.56. The van der Waals surface area contributed by atoms with E-state index in [0.717, 1.165) is 0 Å². The van der Waals surface area contributed by atoms with Crippen LogP contribution in [0.4, 0.5) is 0 Å². The Bertz CT molecular complexity index is 236. The van der Waals surface area contributed by atoms with Gasteiger partial charge in [-0.25, -0.2) is 0 Å². The van der Waals surface area contributed by atoms with Crippen molar-refractivity contribution in [2.45, 2.75) is 20.3 Å². The molecular weight excluding hydrogens is 168 g/mol. The molecule has 72 valence electrons. The van der Waals surface area contributed by atoms with Crippen LogP contribution < -0.4 is 0 Å². The summed E-state index contributed by atoms with van der Waals surface area (Å²) < 4.78 is 0. The lowest BCUT2D eigenvalue weighted by molar-refractivity contribution is -0.145. The van der Waals surface area contributed by atoms with Crippen LogP contribution in [-0.4, -0.2) is 34.7 Å². The van der Waals surface area contributed by atoms with Gasteiger partial charge in [-0.05, 0) is 13.8 Å². The average molecular weight is 182 g/mol. The molecule has 0 aromatic rings. The molecule has 0 radical (unpaired) electrons. The monoisotopic (exact) mass is 182 g/mol. The summed E-state index contributed by atoms with van der Waals surface area (Å²) in [5.41, 5.74) is 0. The van der Waals surface area contributed by atoms with Gasteiger partial charge in [-0.3, -0.25) is 19.4 Å². The molecule has 0 unspecified atom stereocenters. The van der Waals surface area contributed by atoms with Crippen LogP contribution >= 0.6 is 0 Å². The summed E-state index contributed by atoms with van der Waals surface area (Å²) in [5.74, 6) is 0.204. The van der Waals surface area contributed by atoms with Crippen molar-refractivity contribution < 1.29 is 9.59 Å². The van der Waals surface area contributed by atoms with Gasteiger partial charge in [0.1, 0.15) is 12.2 Å². The predicted molar refractivity (Wildman–Crippen MR) is 48.5 cm³/mol. The Balaban J connectivity index is 2.87. The van der Waals surface area contributed by atoms with E-state index in [0.29, 0.717) is 18.9 Å². The van der Waals surface area contributed by atoms with Gasteiger partial charge in [-0.15, -0.1) is 0 Å². The zero-order chi connectivity index (χ0) is 10.0. The van der Waals surface area contributed by atoms with E-state index in [-0.39, 0.29) is 18.2 Å². The second-order valence-corrected chi connectivity index (χ2v) is 2.87. The van der Waals surface area contributed by atoms with E-state index in [4.69, 9.17) is 0 Å². The highest BCUT2D eigenvalue weighted by atomic mass is 16.2. The zero-order valence-electron chi connectivity index (χ0n) is 8.04. The second-order valence-electron chi connectivity index (χ2n) is 2.87. The summed E-state index contributed by atoms with van der Waals surface area (Å²) in [6, 6.07) is 0. The molecule has 2 amide bonds. The largest absolute Gasteiger partial charge is 0.298 e. The first kappa shape index (κ1) is 9.77. The summed E-state index contributed by atoms with van der Waals surface area (Å²) in [6.07, 6.45) is -0.0271. The number of amides is 2. The van der Waals surface area contributed by atoms with Crippen molar-refractivity contribution in [1.82, 2.24) is 9.80 Å². The Morgan fingerprint density at radius 1 is 1.15 bits per heavy atom. The third-order valence-electron chi connectivity index (χ3n) is 2.16. The fourth-order valence-corrected chi connectivity index (χ4v) is 1.47. The highest BCUT2D eigenvalue weighted by Crippen LogP contribution is 2.17. The molecule has 0 atom stereocenters. The number of hydrogen-bond donors (Lipinski definition) is 0. The van der Waals surface area contributed by atoms with Gasteiger partial charge in [0.05, 0.1) is 0 Å². The molecule has 0 aromatic carbocycles. The standard InChI is InChI=1S/C9H14N2O2/c1-4-10-7(3)11(5-2)9(13)6-8(10)12/h3-6H2,1-2H3. The van der Waals surface area contributed by atoms with Crippen LogP contribution in [0.15, 0.2) is 12.4 Å². The maximum Gasteiger partial charge on any atom is 0.237 e. The van der Waals surface area contributed by atoms with Crippen molar-refractivity contribution in [3.8, 4) is 0 Å². The van der Waals surface area contributed by atoms with E-state index in [1.807, 2.05) is 13.8 Å². The van der Waals surface area contributed by atoms with Crippen LogP contribution in [-0.2, 0) is 9.59 Å². The maximum atomic E-state index is 11.3. The van der Waals surface area contributed by atoms with Crippen molar-refractivity contribution in [1.29, 1.82) is 0 Å². The second kappa shape index (κ2) is 3.60. The first-order valence-corrected chi connectivity index (χ1v) is 4.41. The topological polar surface area (TPSA) is 40.6 Å². The molecule has 0 N–H and O–H groups in total. The smallest absolute Gasteiger partial charge is 0.237 e. The van der Waals surface area contributed by atoms with Gasteiger partial charge in [-0.2, -0.15) is 0 Å². The molecule has 0 aliphatic carbocycles. The fourth-order valence-electron chi connectivity index (χ4n) is 1.47. The Morgan fingerprint density at radius 2 is 1.54 bits per heavy atom. The minimum Gasteiger partial charge on any atom is -0.298 e. The minimum atomic E-state index is -0.151. The summed E-state index contributed by atoms with van der Waals surface area (Å²) in [4.78, 5) is 25.7. The lowest BCUT2D eigenvalue weighted by atomic mass is 10.2. The van der Waals surface area contributed by atoms with E-state index >= 15 is 0 Å². The number of carbonyl (C=O) groups excluding carboxylic acids is 2. The summed E-state index contributed by atoms with van der Waals surface area (Å²) in [7, 11) is 0. The predicted octanol–water partition coefficient (Wildman–Crippen LogP) is 0.558. The van der Waals surface area contributed by atoms with Crippen molar-refractivity contribution in [3.63, 3.8) is 0 Å². The lowest BCUT2D eigenvalue weighted by Crippen LogP contribution is -2.48. The molecule has 1 aliphatic heterocycles. The Kier molecular flexibility index (Phi) is 2.70. The molecule has 1 fully saturated rings. The van der Waals surface area contributed by atoms with E-state index in [1.165, 1.54) is 9.80 Å². The van der Waals surface area contributed by atoms with Crippen LogP contribution in [0.1, 0.15) is 20.3 Å². The molecule has 4 heteroatoms. The van der Waals surface area contributed by atoms with Crippen LogP contribution in [0, 0.1) is 0 Å². The molecule has 0 spiro atoms. The minimum absolute atomic E-state index is 0.0271. The van der Waals surface area contributed by atoms with Crippen LogP contribution in [0.25, 0.3) is 0 Å². The lowest BCUT2D eigenvalue weighted by Gasteiger charge is -2.35. The molecule has 1 rings (SSSR count). The highest BCUT2D eigenvalue weighted by Gasteiger charge is 2.31. The van der Waals surface area contributed by atoms with Gasteiger partial charge in [0.2, 0.25) is 11.8 Å². The van der Waals surface area contributed by atoms with Crippen molar-refractivity contribution >= 4 is 11.8 Å². The summed E-state index contributed by atoms with van der Waals surface area (Å²) >= 11 is 0. The molecule has 1 saturated heterocycles. The molecule has 0 bridgehead atoms. The van der Waals surface area contributed by atoms with Gasteiger partial charge in [0, 0.05) is 13.1 Å². The Morgan fingerprint density at radius 3 is 1.85 bits per heavy atom. The summed E-state index contributed by atoms with van der Waals surface area (Å²) in [6.45, 7) is 8.61. The molecular formula is C9H14N2O2. The van der Waals surface area contributed by atoms with Gasteiger partial charge >= 0.3 is 0 Å². The van der Waals surface area contributed by atoms with E-state index in [2.05, 4.69) is 6.58 Å². The molecule has 1 heterocycles. The van der Waals surface area contributed by atoms with Gasteiger partial charge < -0.3 is 0 Å². The van der Waals surface area contributed by atoms with Gasteiger partial charge in [-0.1, -0.05) is 6.58 Å². The van der Waals surface area contributed by atoms with Crippen molar-refractivity contribution in [2.24, 2.45) is 0 Å². The SMILES string of the molecule is C=C1N(CC)C(=O)CC(=O)N1CC. The quantitative estimate of drug-likeness (QED) is 0.585. The number of nitrogens with zero attached hydrogens (tertiary/aromatic N) is 2. The first-order valence-electron chi connectivity index (χ1n) is 4.41. The average Bonchev–Trinajstić information content (AvgIpc) is 2.04. The van der Waals surface area contributed by atoms with E-state index in [1.54, 1.807) is 0 Å². The maximum absolute atomic E-state index is 11.3.